The molecular formula is C20H17Cl2F3O5. The van der Waals surface area contributed by atoms with Gasteiger partial charge in [-0.3, -0.25) is 0 Å². The fourth-order valence-electron chi connectivity index (χ4n) is 2.10. The second kappa shape index (κ2) is 10.6. The Morgan fingerprint density at radius 1 is 1.13 bits per heavy atom. The summed E-state index contributed by atoms with van der Waals surface area (Å²) in [5.41, 5.74) is -0.890. The van der Waals surface area contributed by atoms with E-state index in [0.29, 0.717) is 0 Å². The van der Waals surface area contributed by atoms with E-state index in [9.17, 15) is 18.0 Å². The Balaban J connectivity index is 2.02. The summed E-state index contributed by atoms with van der Waals surface area (Å²) >= 11 is 11.9. The van der Waals surface area contributed by atoms with Crippen molar-refractivity contribution in [2.75, 3.05) is 13.2 Å². The zero-order valence-corrected chi connectivity index (χ0v) is 17.1. The van der Waals surface area contributed by atoms with Gasteiger partial charge < -0.3 is 19.3 Å². The molecule has 0 aromatic heterocycles. The van der Waals surface area contributed by atoms with Crippen molar-refractivity contribution in [1.82, 2.24) is 0 Å². The normalized spacial score (nSPS) is 12.6. The van der Waals surface area contributed by atoms with Crippen LogP contribution in [0.25, 0.3) is 0 Å². The third kappa shape index (κ3) is 7.12. The lowest BCUT2D eigenvalue weighted by atomic mass is 10.2. The van der Waals surface area contributed by atoms with E-state index in [1.54, 1.807) is 0 Å². The van der Waals surface area contributed by atoms with Gasteiger partial charge in [-0.2, -0.15) is 13.2 Å². The minimum atomic E-state index is -4.51. The number of aliphatic hydroxyl groups excluding tert-OH is 1. The zero-order valence-electron chi connectivity index (χ0n) is 15.6. The molecule has 1 unspecified atom stereocenters. The van der Waals surface area contributed by atoms with Crippen molar-refractivity contribution in [2.45, 2.75) is 19.2 Å². The molecule has 5 nitrogen and oxygen atoms in total. The monoisotopic (exact) mass is 464 g/mol. The van der Waals surface area contributed by atoms with Crippen LogP contribution in [0.5, 0.6) is 17.2 Å². The number of rotatable bonds is 8. The van der Waals surface area contributed by atoms with Gasteiger partial charge in [0.05, 0.1) is 22.2 Å². The highest BCUT2D eigenvalue weighted by molar-refractivity contribution is 6.32. The first-order valence-electron chi connectivity index (χ1n) is 8.55. The molecule has 0 radical (unpaired) electrons. The average molecular weight is 465 g/mol. The van der Waals surface area contributed by atoms with Crippen molar-refractivity contribution in [3.63, 3.8) is 0 Å². The second-order valence-corrected chi connectivity index (χ2v) is 6.80. The van der Waals surface area contributed by atoms with E-state index in [-0.39, 0.29) is 40.5 Å². The van der Waals surface area contributed by atoms with Crippen LogP contribution in [-0.4, -0.2) is 30.4 Å². The summed E-state index contributed by atoms with van der Waals surface area (Å²) in [6.45, 7) is 1.23. The minimum absolute atomic E-state index is 0.0210. The van der Waals surface area contributed by atoms with Gasteiger partial charge in [-0.05, 0) is 43.3 Å². The number of esters is 1. The number of hydrogen-bond acceptors (Lipinski definition) is 5. The number of halogens is 5. The summed E-state index contributed by atoms with van der Waals surface area (Å²) in [6, 6.07) is 7.14. The summed E-state index contributed by atoms with van der Waals surface area (Å²) in [4.78, 5) is 11.5. The molecule has 0 heterocycles. The molecule has 0 bridgehead atoms. The summed E-state index contributed by atoms with van der Waals surface area (Å²) in [5.74, 6) is -0.158. The van der Waals surface area contributed by atoms with Gasteiger partial charge in [0, 0.05) is 12.1 Å². The van der Waals surface area contributed by atoms with E-state index in [1.165, 1.54) is 31.2 Å². The van der Waals surface area contributed by atoms with Crippen molar-refractivity contribution < 1.29 is 37.3 Å². The lowest BCUT2D eigenvalue weighted by molar-refractivity contribution is -0.144. The SMILES string of the molecule is CC(CO)OC(=O)C=CCOc1cc(Oc2ccc(C(F)(F)F)cc2Cl)ccc1Cl. The first kappa shape index (κ1) is 23.9. The van der Waals surface area contributed by atoms with Gasteiger partial charge in [0.25, 0.3) is 0 Å². The highest BCUT2D eigenvalue weighted by atomic mass is 35.5. The predicted octanol–water partition coefficient (Wildman–Crippen LogP) is 5.66. The lowest BCUT2D eigenvalue weighted by Crippen LogP contribution is -2.16. The van der Waals surface area contributed by atoms with Crippen molar-refractivity contribution in [3.05, 3.63) is 64.2 Å². The van der Waals surface area contributed by atoms with Crippen molar-refractivity contribution in [3.8, 4) is 17.2 Å². The Labute approximate surface area is 180 Å². The molecule has 162 valence electrons. The molecule has 0 aliphatic heterocycles. The molecular weight excluding hydrogens is 448 g/mol. The fraction of sp³-hybridized carbons (Fsp3) is 0.250. The van der Waals surface area contributed by atoms with Crippen LogP contribution < -0.4 is 9.47 Å². The quantitative estimate of drug-likeness (QED) is 0.403. The Bertz CT molecular complexity index is 916. The van der Waals surface area contributed by atoms with Gasteiger partial charge in [0.2, 0.25) is 0 Å². The molecule has 0 aliphatic carbocycles. The third-order valence-corrected chi connectivity index (χ3v) is 4.16. The summed E-state index contributed by atoms with van der Waals surface area (Å²) < 4.78 is 54.0. The van der Waals surface area contributed by atoms with Crippen LogP contribution >= 0.6 is 23.2 Å². The molecule has 0 fully saturated rings. The van der Waals surface area contributed by atoms with Crippen molar-refractivity contribution >= 4 is 29.2 Å². The molecule has 0 spiro atoms. The smallest absolute Gasteiger partial charge is 0.416 e. The van der Waals surface area contributed by atoms with Crippen LogP contribution in [0.2, 0.25) is 10.0 Å². The van der Waals surface area contributed by atoms with Crippen LogP contribution in [0.1, 0.15) is 12.5 Å². The molecule has 2 aromatic carbocycles. The molecule has 10 heteroatoms. The maximum absolute atomic E-state index is 12.7. The van der Waals surface area contributed by atoms with E-state index >= 15 is 0 Å². The van der Waals surface area contributed by atoms with E-state index in [4.69, 9.17) is 42.5 Å². The van der Waals surface area contributed by atoms with Crippen LogP contribution in [0.4, 0.5) is 13.2 Å². The summed E-state index contributed by atoms with van der Waals surface area (Å²) in [7, 11) is 0. The van der Waals surface area contributed by atoms with Gasteiger partial charge in [0.1, 0.15) is 30.0 Å². The van der Waals surface area contributed by atoms with Crippen LogP contribution in [0.15, 0.2) is 48.6 Å². The molecule has 0 amide bonds. The first-order valence-corrected chi connectivity index (χ1v) is 9.30. The maximum atomic E-state index is 12.7. The summed E-state index contributed by atoms with van der Waals surface area (Å²) in [5, 5.41) is 8.87. The molecule has 1 N–H and O–H groups in total. The highest BCUT2D eigenvalue weighted by Gasteiger charge is 2.31. The molecule has 0 saturated heterocycles. The Kier molecular flexibility index (Phi) is 8.40. The predicted molar refractivity (Wildman–Crippen MR) is 105 cm³/mol. The van der Waals surface area contributed by atoms with Gasteiger partial charge in [-0.25, -0.2) is 4.79 Å². The van der Waals surface area contributed by atoms with Crippen LogP contribution in [0, 0.1) is 0 Å². The van der Waals surface area contributed by atoms with Gasteiger partial charge in [0.15, 0.2) is 0 Å². The standard InChI is InChI=1S/C20H17Cl2F3O5/c1-12(11-26)29-19(27)3-2-8-28-18-10-14(5-6-15(18)21)30-17-7-4-13(9-16(17)22)20(23,24)25/h2-7,9-10,12,26H,8,11H2,1H3. The second-order valence-electron chi connectivity index (χ2n) is 5.98. The maximum Gasteiger partial charge on any atom is 0.416 e. The average Bonchev–Trinajstić information content (AvgIpc) is 2.68. The minimum Gasteiger partial charge on any atom is -0.488 e. The van der Waals surface area contributed by atoms with E-state index < -0.39 is 23.8 Å². The van der Waals surface area contributed by atoms with Gasteiger partial charge in [-0.15, -0.1) is 0 Å². The molecule has 30 heavy (non-hydrogen) atoms. The van der Waals surface area contributed by atoms with Crippen LogP contribution in [-0.2, 0) is 15.7 Å². The lowest BCUT2D eigenvalue weighted by Gasteiger charge is -2.12. The summed E-state index contributed by atoms with van der Waals surface area (Å²) in [6.07, 6.45) is -2.60. The Morgan fingerprint density at radius 2 is 1.87 bits per heavy atom. The molecule has 0 aliphatic rings. The molecule has 0 saturated carbocycles. The van der Waals surface area contributed by atoms with Gasteiger partial charge >= 0.3 is 12.1 Å². The number of aliphatic hydroxyl groups is 1. The Morgan fingerprint density at radius 3 is 2.50 bits per heavy atom. The van der Waals surface area contributed by atoms with Crippen molar-refractivity contribution in [2.24, 2.45) is 0 Å². The molecule has 2 rings (SSSR count). The number of alkyl halides is 3. The number of carbonyl (C=O) groups excluding carboxylic acids is 1. The number of carbonyl (C=O) groups is 1. The van der Waals surface area contributed by atoms with E-state index in [1.807, 2.05) is 0 Å². The van der Waals surface area contributed by atoms with Crippen molar-refractivity contribution in [1.29, 1.82) is 0 Å². The molecule has 1 atom stereocenters. The number of hydrogen-bond donors (Lipinski definition) is 1. The van der Waals surface area contributed by atoms with Gasteiger partial charge in [-0.1, -0.05) is 23.2 Å². The zero-order chi connectivity index (χ0) is 22.3. The van der Waals surface area contributed by atoms with E-state index in [0.717, 1.165) is 24.3 Å². The topological polar surface area (TPSA) is 65.0 Å². The highest BCUT2D eigenvalue weighted by Crippen LogP contribution is 2.38. The Hall–Kier alpha value is -2.42. The fourth-order valence-corrected chi connectivity index (χ4v) is 2.49. The number of benzene rings is 2. The van der Waals surface area contributed by atoms with E-state index in [2.05, 4.69) is 0 Å². The van der Waals surface area contributed by atoms with Crippen LogP contribution in [0.3, 0.4) is 0 Å². The third-order valence-electron chi connectivity index (χ3n) is 3.55. The number of ether oxygens (including phenoxy) is 3. The first-order chi connectivity index (χ1) is 14.1. The molecule has 2 aromatic rings. The largest absolute Gasteiger partial charge is 0.488 e.